The van der Waals surface area contributed by atoms with E-state index >= 15 is 0 Å². The maximum atomic E-state index is 8.96. The topological polar surface area (TPSA) is 121 Å². The van der Waals surface area contributed by atoms with E-state index in [1.54, 1.807) is 0 Å². The van der Waals surface area contributed by atoms with Crippen molar-refractivity contribution in [1.82, 2.24) is 0 Å². The molecule has 0 aliphatic rings. The van der Waals surface area contributed by atoms with Crippen molar-refractivity contribution in [2.24, 2.45) is 0 Å². The van der Waals surface area contributed by atoms with Crippen molar-refractivity contribution < 1.29 is 30.6 Å². The molecule has 0 aliphatic carbocycles. The summed E-state index contributed by atoms with van der Waals surface area (Å²) in [5.74, 6) is 0. The molecule has 0 bridgehead atoms. The molecule has 0 spiro atoms. The van der Waals surface area contributed by atoms with Crippen molar-refractivity contribution in [2.75, 3.05) is 6.61 Å². The van der Waals surface area contributed by atoms with Gasteiger partial charge in [-0.05, 0) is 6.42 Å². The lowest BCUT2D eigenvalue weighted by Gasteiger charge is -2.23. The SMILES string of the molecule is OCC[C@@H](O)[C@H](O)C(O)C(O)O. The molecule has 0 saturated carbocycles. The Labute approximate surface area is 69.3 Å². The van der Waals surface area contributed by atoms with E-state index in [1.807, 2.05) is 0 Å². The average molecular weight is 182 g/mol. The second-order valence-electron chi connectivity index (χ2n) is 2.47. The molecule has 0 radical (unpaired) electrons. The van der Waals surface area contributed by atoms with Gasteiger partial charge in [-0.3, -0.25) is 0 Å². The molecule has 6 heteroatoms. The van der Waals surface area contributed by atoms with Crippen molar-refractivity contribution >= 4 is 0 Å². The molecular weight excluding hydrogens is 168 g/mol. The third-order valence-electron chi connectivity index (χ3n) is 1.47. The van der Waals surface area contributed by atoms with Crippen LogP contribution in [0.15, 0.2) is 0 Å². The van der Waals surface area contributed by atoms with Crippen LogP contribution < -0.4 is 0 Å². The summed E-state index contributed by atoms with van der Waals surface area (Å²) in [6.45, 7) is -0.355. The normalized spacial score (nSPS) is 19.2. The van der Waals surface area contributed by atoms with Gasteiger partial charge in [-0.25, -0.2) is 0 Å². The van der Waals surface area contributed by atoms with E-state index in [2.05, 4.69) is 0 Å². The molecule has 0 saturated heterocycles. The fraction of sp³-hybridized carbons (Fsp3) is 1.00. The molecule has 6 nitrogen and oxygen atoms in total. The largest absolute Gasteiger partial charge is 0.396 e. The van der Waals surface area contributed by atoms with Gasteiger partial charge in [0.05, 0.1) is 6.10 Å². The monoisotopic (exact) mass is 182 g/mol. The molecule has 1 unspecified atom stereocenters. The highest BCUT2D eigenvalue weighted by Crippen LogP contribution is 2.05. The van der Waals surface area contributed by atoms with Crippen LogP contribution in [0.4, 0.5) is 0 Å². The fourth-order valence-corrected chi connectivity index (χ4v) is 0.707. The van der Waals surface area contributed by atoms with Crippen molar-refractivity contribution in [1.29, 1.82) is 0 Å². The molecule has 0 rings (SSSR count). The third kappa shape index (κ3) is 3.44. The third-order valence-corrected chi connectivity index (χ3v) is 1.47. The van der Waals surface area contributed by atoms with Crippen molar-refractivity contribution in [3.05, 3.63) is 0 Å². The van der Waals surface area contributed by atoms with Gasteiger partial charge in [-0.1, -0.05) is 0 Å². The molecule has 12 heavy (non-hydrogen) atoms. The maximum Gasteiger partial charge on any atom is 0.180 e. The van der Waals surface area contributed by atoms with Crippen LogP contribution in [0.1, 0.15) is 6.42 Å². The molecule has 0 aromatic rings. The average Bonchev–Trinajstić information content (AvgIpc) is 2.02. The van der Waals surface area contributed by atoms with E-state index in [9.17, 15) is 0 Å². The van der Waals surface area contributed by atoms with Crippen LogP contribution in [-0.4, -0.2) is 61.8 Å². The summed E-state index contributed by atoms with van der Waals surface area (Å²) in [5, 5.41) is 51.8. The van der Waals surface area contributed by atoms with Gasteiger partial charge < -0.3 is 30.6 Å². The first-order valence-electron chi connectivity index (χ1n) is 3.52. The van der Waals surface area contributed by atoms with Gasteiger partial charge in [-0.2, -0.15) is 0 Å². The minimum absolute atomic E-state index is 0.134. The molecule has 74 valence electrons. The summed E-state index contributed by atoms with van der Waals surface area (Å²) in [5.41, 5.74) is 0. The molecule has 0 aromatic heterocycles. The molecule has 0 fully saturated rings. The lowest BCUT2D eigenvalue weighted by molar-refractivity contribution is -0.178. The second-order valence-corrected chi connectivity index (χ2v) is 2.47. The van der Waals surface area contributed by atoms with Gasteiger partial charge in [0, 0.05) is 6.61 Å². The van der Waals surface area contributed by atoms with Crippen LogP contribution in [0.3, 0.4) is 0 Å². The van der Waals surface area contributed by atoms with E-state index in [-0.39, 0.29) is 13.0 Å². The first-order valence-corrected chi connectivity index (χ1v) is 3.52. The van der Waals surface area contributed by atoms with Crippen LogP contribution in [-0.2, 0) is 0 Å². The zero-order valence-electron chi connectivity index (χ0n) is 6.41. The summed E-state index contributed by atoms with van der Waals surface area (Å²) in [6, 6.07) is 0. The Bertz CT molecular complexity index is 117. The molecule has 6 N–H and O–H groups in total. The van der Waals surface area contributed by atoms with Crippen LogP contribution >= 0.6 is 0 Å². The molecule has 3 atom stereocenters. The van der Waals surface area contributed by atoms with Gasteiger partial charge in [0.15, 0.2) is 6.29 Å². The molecule has 0 heterocycles. The highest BCUT2D eigenvalue weighted by Gasteiger charge is 2.28. The zero-order chi connectivity index (χ0) is 9.72. The van der Waals surface area contributed by atoms with Gasteiger partial charge in [0.1, 0.15) is 12.2 Å². The Morgan fingerprint density at radius 1 is 0.833 bits per heavy atom. The van der Waals surface area contributed by atoms with Gasteiger partial charge in [0.25, 0.3) is 0 Å². The van der Waals surface area contributed by atoms with Crippen molar-refractivity contribution in [3.8, 4) is 0 Å². The minimum atomic E-state index is -2.10. The summed E-state index contributed by atoms with van der Waals surface area (Å²) in [6.07, 6.45) is -7.10. The van der Waals surface area contributed by atoms with Crippen LogP contribution in [0.5, 0.6) is 0 Å². The summed E-state index contributed by atoms with van der Waals surface area (Å²) >= 11 is 0. The number of hydrogen-bond acceptors (Lipinski definition) is 6. The molecular formula is C6H14O6. The highest BCUT2D eigenvalue weighted by molar-refractivity contribution is 4.75. The second kappa shape index (κ2) is 5.41. The van der Waals surface area contributed by atoms with E-state index in [0.29, 0.717) is 0 Å². The van der Waals surface area contributed by atoms with Crippen molar-refractivity contribution in [3.63, 3.8) is 0 Å². The van der Waals surface area contributed by atoms with Gasteiger partial charge in [0.2, 0.25) is 0 Å². The fourth-order valence-electron chi connectivity index (χ4n) is 0.707. The first kappa shape index (κ1) is 11.8. The zero-order valence-corrected chi connectivity index (χ0v) is 6.41. The van der Waals surface area contributed by atoms with Crippen LogP contribution in [0, 0.1) is 0 Å². The van der Waals surface area contributed by atoms with E-state index in [4.69, 9.17) is 30.6 Å². The van der Waals surface area contributed by atoms with Crippen LogP contribution in [0.2, 0.25) is 0 Å². The lowest BCUT2D eigenvalue weighted by atomic mass is 10.1. The Balaban J connectivity index is 3.90. The minimum Gasteiger partial charge on any atom is -0.396 e. The summed E-state index contributed by atoms with van der Waals surface area (Å²) in [7, 11) is 0. The smallest absolute Gasteiger partial charge is 0.180 e. The lowest BCUT2D eigenvalue weighted by Crippen LogP contribution is -2.44. The first-order chi connectivity index (χ1) is 5.50. The Morgan fingerprint density at radius 2 is 1.33 bits per heavy atom. The summed E-state index contributed by atoms with van der Waals surface area (Å²) in [4.78, 5) is 0. The highest BCUT2D eigenvalue weighted by atomic mass is 16.5. The van der Waals surface area contributed by atoms with E-state index in [0.717, 1.165) is 0 Å². The molecule has 0 aliphatic heterocycles. The van der Waals surface area contributed by atoms with Crippen molar-refractivity contribution in [2.45, 2.75) is 31.0 Å². The predicted molar refractivity (Wildman–Crippen MR) is 37.9 cm³/mol. The predicted octanol–water partition coefficient (Wildman–Crippen LogP) is -3.24. The number of hydrogen-bond donors (Lipinski definition) is 6. The van der Waals surface area contributed by atoms with E-state index in [1.165, 1.54) is 0 Å². The van der Waals surface area contributed by atoms with E-state index < -0.39 is 24.6 Å². The Morgan fingerprint density at radius 3 is 1.67 bits per heavy atom. The summed E-state index contributed by atoms with van der Waals surface area (Å²) < 4.78 is 0. The van der Waals surface area contributed by atoms with Gasteiger partial charge in [-0.15, -0.1) is 0 Å². The quantitative estimate of drug-likeness (QED) is 0.248. The van der Waals surface area contributed by atoms with Gasteiger partial charge >= 0.3 is 0 Å². The Hall–Kier alpha value is -0.240. The maximum absolute atomic E-state index is 8.96. The molecule has 0 aromatic carbocycles. The number of aliphatic hydroxyl groups excluding tert-OH is 5. The number of rotatable bonds is 5. The number of aliphatic hydroxyl groups is 6. The Kier molecular flexibility index (Phi) is 5.31. The standard InChI is InChI=1S/C6H14O6/c7-2-1-3(8)4(9)5(10)6(11)12/h3-12H,1-2H2/t3-,4+,5?/m1/s1. The molecule has 0 amide bonds. The van der Waals surface area contributed by atoms with Crippen LogP contribution in [0.25, 0.3) is 0 Å².